The maximum atomic E-state index is 6.26. The molecular weight excluding hydrogens is 272 g/mol. The smallest absolute Gasteiger partial charge is 0.0946 e. The van der Waals surface area contributed by atoms with Gasteiger partial charge in [0.25, 0.3) is 0 Å². The number of hydrogen-bond donors (Lipinski definition) is 1. The van der Waals surface area contributed by atoms with Crippen molar-refractivity contribution in [2.75, 3.05) is 18.2 Å². The van der Waals surface area contributed by atoms with Crippen LogP contribution in [0.25, 0.3) is 0 Å². The van der Waals surface area contributed by atoms with E-state index in [1.165, 1.54) is 50.5 Å². The fourth-order valence-corrected chi connectivity index (χ4v) is 2.90. The molecule has 0 aliphatic carbocycles. The molecule has 124 valence electrons. The molecular formula is C19H32N2O. The normalized spacial score (nSPS) is 21.5. The first-order valence-corrected chi connectivity index (χ1v) is 8.95. The van der Waals surface area contributed by atoms with Crippen molar-refractivity contribution in [3.05, 3.63) is 29.8 Å². The molecule has 1 aliphatic rings. The molecule has 1 aromatic rings. The van der Waals surface area contributed by atoms with Crippen molar-refractivity contribution in [3.63, 3.8) is 0 Å². The van der Waals surface area contributed by atoms with Gasteiger partial charge in [0.05, 0.1) is 24.4 Å². The fourth-order valence-electron chi connectivity index (χ4n) is 2.90. The van der Waals surface area contributed by atoms with E-state index in [1.807, 2.05) is 5.06 Å². The number of hydrogen-bond acceptors (Lipinski definition) is 3. The second-order valence-electron chi connectivity index (χ2n) is 6.71. The zero-order valence-corrected chi connectivity index (χ0v) is 14.3. The molecule has 0 aromatic heterocycles. The van der Waals surface area contributed by atoms with Crippen molar-refractivity contribution in [2.45, 2.75) is 70.8 Å². The van der Waals surface area contributed by atoms with Gasteiger partial charge in [0.1, 0.15) is 0 Å². The lowest BCUT2D eigenvalue weighted by atomic mass is 10.00. The van der Waals surface area contributed by atoms with Crippen LogP contribution in [0.3, 0.4) is 0 Å². The average molecular weight is 304 g/mol. The molecule has 22 heavy (non-hydrogen) atoms. The lowest BCUT2D eigenvalue weighted by Gasteiger charge is -2.20. The van der Waals surface area contributed by atoms with Gasteiger partial charge in [-0.15, -0.1) is 0 Å². The molecule has 3 heteroatoms. The summed E-state index contributed by atoms with van der Waals surface area (Å²) in [6.07, 6.45) is 10.2. The van der Waals surface area contributed by atoms with E-state index in [0.717, 1.165) is 18.7 Å². The Morgan fingerprint density at radius 3 is 2.36 bits per heavy atom. The van der Waals surface area contributed by atoms with Gasteiger partial charge in [-0.1, -0.05) is 58.1 Å². The van der Waals surface area contributed by atoms with E-state index in [2.05, 4.69) is 38.1 Å². The molecule has 1 heterocycles. The highest BCUT2D eigenvalue weighted by Crippen LogP contribution is 2.25. The van der Waals surface area contributed by atoms with Crippen LogP contribution in [0.5, 0.6) is 0 Å². The molecule has 0 spiro atoms. The van der Waals surface area contributed by atoms with Gasteiger partial charge in [0, 0.05) is 0 Å². The van der Waals surface area contributed by atoms with Gasteiger partial charge in [-0.05, 0) is 37.0 Å². The Balaban J connectivity index is 1.74. The quantitative estimate of drug-likeness (QED) is 0.685. The van der Waals surface area contributed by atoms with E-state index < -0.39 is 0 Å². The highest BCUT2D eigenvalue weighted by atomic mass is 16.7. The molecule has 3 nitrogen and oxygen atoms in total. The largest absolute Gasteiger partial charge is 0.322 e. The number of nitrogens with two attached hydrogens (primary N) is 1. The molecule has 0 bridgehead atoms. The first-order valence-electron chi connectivity index (χ1n) is 8.95. The van der Waals surface area contributed by atoms with E-state index in [9.17, 15) is 0 Å². The highest BCUT2D eigenvalue weighted by Gasteiger charge is 2.34. The molecule has 1 saturated heterocycles. The lowest BCUT2D eigenvalue weighted by molar-refractivity contribution is 0.151. The number of aryl methyl sites for hydroxylation is 1. The second-order valence-corrected chi connectivity index (χ2v) is 6.71. The average Bonchev–Trinajstić information content (AvgIpc) is 2.94. The number of unbranched alkanes of at least 4 members (excludes halogenated alkanes) is 5. The van der Waals surface area contributed by atoms with Crippen molar-refractivity contribution >= 4 is 5.69 Å². The minimum absolute atomic E-state index is 0.197. The summed E-state index contributed by atoms with van der Waals surface area (Å²) < 4.78 is 0. The first kappa shape index (κ1) is 17.3. The number of rotatable bonds is 9. The monoisotopic (exact) mass is 304 g/mol. The summed E-state index contributed by atoms with van der Waals surface area (Å²) in [5.41, 5.74) is 8.61. The Bertz CT molecular complexity index is 432. The third-order valence-electron chi connectivity index (χ3n) is 4.71. The van der Waals surface area contributed by atoms with Crippen molar-refractivity contribution in [1.29, 1.82) is 0 Å². The van der Waals surface area contributed by atoms with Gasteiger partial charge in [-0.25, -0.2) is 0 Å². The molecule has 1 aliphatic heterocycles. The van der Waals surface area contributed by atoms with Crippen LogP contribution >= 0.6 is 0 Å². The summed E-state index contributed by atoms with van der Waals surface area (Å²) in [5.74, 6) is 0. The molecule has 0 radical (unpaired) electrons. The molecule has 1 unspecified atom stereocenters. The van der Waals surface area contributed by atoms with E-state index in [1.54, 1.807) is 0 Å². The van der Waals surface area contributed by atoms with Gasteiger partial charge < -0.3 is 5.73 Å². The van der Waals surface area contributed by atoms with Crippen LogP contribution in [0, 0.1) is 0 Å². The van der Waals surface area contributed by atoms with Crippen molar-refractivity contribution < 1.29 is 4.84 Å². The third kappa shape index (κ3) is 4.99. The molecule has 1 fully saturated rings. The maximum absolute atomic E-state index is 6.26. The third-order valence-corrected chi connectivity index (χ3v) is 4.71. The van der Waals surface area contributed by atoms with Gasteiger partial charge >= 0.3 is 0 Å². The van der Waals surface area contributed by atoms with Crippen LogP contribution in [0.4, 0.5) is 5.69 Å². The minimum atomic E-state index is -0.197. The van der Waals surface area contributed by atoms with Crippen molar-refractivity contribution in [3.8, 4) is 0 Å². The lowest BCUT2D eigenvalue weighted by Crippen LogP contribution is -2.44. The number of benzene rings is 1. The van der Waals surface area contributed by atoms with E-state index in [4.69, 9.17) is 10.6 Å². The zero-order valence-electron chi connectivity index (χ0n) is 14.3. The summed E-state index contributed by atoms with van der Waals surface area (Å²) in [7, 11) is 0. The predicted molar refractivity (Wildman–Crippen MR) is 94.0 cm³/mol. The highest BCUT2D eigenvalue weighted by molar-refractivity contribution is 5.46. The Labute approximate surface area is 135 Å². The van der Waals surface area contributed by atoms with E-state index in [0.29, 0.717) is 6.61 Å². The van der Waals surface area contributed by atoms with E-state index in [-0.39, 0.29) is 5.54 Å². The SMILES string of the molecule is CCCCCCCCc1ccc(N2CC(N)(CC)CO2)cc1. The molecule has 0 amide bonds. The zero-order chi connectivity index (χ0) is 15.8. The van der Waals surface area contributed by atoms with Crippen LogP contribution in [0.1, 0.15) is 64.4 Å². The summed E-state index contributed by atoms with van der Waals surface area (Å²) in [6.45, 7) is 5.78. The Hall–Kier alpha value is -1.06. The summed E-state index contributed by atoms with van der Waals surface area (Å²) in [5, 5.41) is 1.94. The van der Waals surface area contributed by atoms with Crippen LogP contribution < -0.4 is 10.8 Å². The van der Waals surface area contributed by atoms with Crippen LogP contribution in [0.2, 0.25) is 0 Å². The van der Waals surface area contributed by atoms with E-state index >= 15 is 0 Å². The predicted octanol–water partition coefficient (Wildman–Crippen LogP) is 4.45. The van der Waals surface area contributed by atoms with Crippen LogP contribution in [0.15, 0.2) is 24.3 Å². The summed E-state index contributed by atoms with van der Waals surface area (Å²) >= 11 is 0. The topological polar surface area (TPSA) is 38.5 Å². The summed E-state index contributed by atoms with van der Waals surface area (Å²) in [6, 6.07) is 8.78. The molecule has 2 rings (SSSR count). The Kier molecular flexibility index (Phi) is 6.71. The minimum Gasteiger partial charge on any atom is -0.322 e. The Morgan fingerprint density at radius 1 is 1.05 bits per heavy atom. The molecule has 2 N–H and O–H groups in total. The Morgan fingerprint density at radius 2 is 1.73 bits per heavy atom. The molecule has 0 saturated carbocycles. The second kappa shape index (κ2) is 8.54. The van der Waals surface area contributed by atoms with Gasteiger partial charge in [-0.2, -0.15) is 0 Å². The summed E-state index contributed by atoms with van der Waals surface area (Å²) in [4.78, 5) is 5.73. The fraction of sp³-hybridized carbons (Fsp3) is 0.684. The first-order chi connectivity index (χ1) is 10.7. The van der Waals surface area contributed by atoms with Gasteiger partial charge in [0.2, 0.25) is 0 Å². The number of anilines is 1. The molecule has 1 aromatic carbocycles. The number of nitrogens with zero attached hydrogens (tertiary/aromatic N) is 1. The van der Waals surface area contributed by atoms with Gasteiger partial charge in [0.15, 0.2) is 0 Å². The number of hydroxylamine groups is 1. The van der Waals surface area contributed by atoms with Crippen LogP contribution in [-0.2, 0) is 11.3 Å². The van der Waals surface area contributed by atoms with Crippen LogP contribution in [-0.4, -0.2) is 18.7 Å². The van der Waals surface area contributed by atoms with Crippen molar-refractivity contribution in [2.24, 2.45) is 5.73 Å². The molecule has 1 atom stereocenters. The standard InChI is InChI=1S/C19H32N2O/c1-3-5-6-7-8-9-10-17-11-13-18(14-12-17)21-15-19(20,4-2)16-22-21/h11-14H,3-10,15-16,20H2,1-2H3. The maximum Gasteiger partial charge on any atom is 0.0946 e. The van der Waals surface area contributed by atoms with Crippen molar-refractivity contribution in [1.82, 2.24) is 0 Å². The van der Waals surface area contributed by atoms with Gasteiger partial charge in [-0.3, -0.25) is 9.90 Å².